The van der Waals surface area contributed by atoms with Gasteiger partial charge in [0.1, 0.15) is 22.5 Å². The van der Waals surface area contributed by atoms with Gasteiger partial charge in [0.2, 0.25) is 5.91 Å². The third-order valence-electron chi connectivity index (χ3n) is 7.47. The summed E-state index contributed by atoms with van der Waals surface area (Å²) in [5, 5.41) is 6.18. The third kappa shape index (κ3) is 8.03. The van der Waals surface area contributed by atoms with Crippen LogP contribution < -0.4 is 24.3 Å². The van der Waals surface area contributed by atoms with Crippen molar-refractivity contribution in [2.75, 3.05) is 33.8 Å². The van der Waals surface area contributed by atoms with Crippen LogP contribution in [0.4, 0.5) is 5.69 Å². The first kappa shape index (κ1) is 33.3. The second-order valence-corrected chi connectivity index (χ2v) is 11.8. The molecule has 242 valence electrons. The topological polar surface area (TPSA) is 99.2 Å². The number of benzene rings is 4. The van der Waals surface area contributed by atoms with Crippen LogP contribution in [0.15, 0.2) is 96.4 Å². The minimum absolute atomic E-state index is 0.0656. The zero-order valence-corrected chi connectivity index (χ0v) is 27.9. The van der Waals surface area contributed by atoms with E-state index in [1.54, 1.807) is 60.5 Å². The molecule has 11 heteroatoms. The van der Waals surface area contributed by atoms with Gasteiger partial charge in [-0.3, -0.25) is 9.59 Å². The van der Waals surface area contributed by atoms with Gasteiger partial charge in [-0.05, 0) is 47.5 Å². The molecule has 1 unspecified atom stereocenters. The summed E-state index contributed by atoms with van der Waals surface area (Å²) in [4.78, 5) is 35.1. The molecule has 0 saturated carbocycles. The molecular formula is C36H34ClN3O6S. The first-order chi connectivity index (χ1) is 22.8. The molecule has 1 aromatic heterocycles. The van der Waals surface area contributed by atoms with Crippen LogP contribution in [0, 0.1) is 0 Å². The van der Waals surface area contributed by atoms with Crippen LogP contribution in [0.25, 0.3) is 11.3 Å². The summed E-state index contributed by atoms with van der Waals surface area (Å²) in [6.07, 6.45) is 0.0686. The zero-order valence-electron chi connectivity index (χ0n) is 26.4. The molecule has 0 bridgehead atoms. The van der Waals surface area contributed by atoms with Crippen molar-refractivity contribution in [2.45, 2.75) is 19.0 Å². The molecule has 0 aliphatic carbocycles. The number of rotatable bonds is 13. The Bertz CT molecular complexity index is 1830. The molecule has 0 aliphatic heterocycles. The number of thiazole rings is 1. The Morgan fingerprint density at radius 1 is 0.830 bits per heavy atom. The predicted molar refractivity (Wildman–Crippen MR) is 184 cm³/mol. The van der Waals surface area contributed by atoms with E-state index in [1.807, 2.05) is 47.8 Å². The highest BCUT2D eigenvalue weighted by atomic mass is 35.5. The van der Waals surface area contributed by atoms with E-state index in [-0.39, 0.29) is 18.9 Å². The van der Waals surface area contributed by atoms with E-state index in [0.29, 0.717) is 44.3 Å². The standard InChI is InChI=1S/C36H34ClN3O6S/c1-43-27-15-16-28(31(20-27)45-3)39-36(42)35(25-12-17-30(44-2)32(19-25)46-4)40(34(41)18-23-8-6-5-7-9-23)21-33-38-29(22-47-33)24-10-13-26(37)14-11-24/h5-17,19-20,22,35H,18,21H2,1-4H3,(H,39,42). The Morgan fingerprint density at radius 2 is 1.55 bits per heavy atom. The number of hydrogen-bond donors (Lipinski definition) is 1. The van der Waals surface area contributed by atoms with Crippen molar-refractivity contribution >= 4 is 40.4 Å². The van der Waals surface area contributed by atoms with Crippen LogP contribution in [0.2, 0.25) is 5.02 Å². The van der Waals surface area contributed by atoms with E-state index in [2.05, 4.69) is 5.32 Å². The monoisotopic (exact) mass is 671 g/mol. The number of anilines is 1. The Morgan fingerprint density at radius 3 is 2.23 bits per heavy atom. The summed E-state index contributed by atoms with van der Waals surface area (Å²) in [6, 6.07) is 25.9. The molecule has 4 aromatic carbocycles. The van der Waals surface area contributed by atoms with Crippen molar-refractivity contribution in [3.63, 3.8) is 0 Å². The van der Waals surface area contributed by atoms with Crippen LogP contribution in [0.5, 0.6) is 23.0 Å². The number of amides is 2. The highest BCUT2D eigenvalue weighted by Gasteiger charge is 2.34. The lowest BCUT2D eigenvalue weighted by Crippen LogP contribution is -2.41. The Hall–Kier alpha value is -5.06. The van der Waals surface area contributed by atoms with Crippen molar-refractivity contribution in [3.8, 4) is 34.3 Å². The van der Waals surface area contributed by atoms with Gasteiger partial charge >= 0.3 is 0 Å². The number of carbonyl (C=O) groups excluding carboxylic acids is 2. The normalized spacial score (nSPS) is 11.3. The molecule has 47 heavy (non-hydrogen) atoms. The van der Waals surface area contributed by atoms with E-state index in [4.69, 9.17) is 35.5 Å². The summed E-state index contributed by atoms with van der Waals surface area (Å²) in [6.45, 7) is 0.0656. The van der Waals surface area contributed by atoms with E-state index in [0.717, 1.165) is 16.8 Å². The molecule has 0 fully saturated rings. The van der Waals surface area contributed by atoms with Crippen LogP contribution in [-0.4, -0.2) is 50.1 Å². The lowest BCUT2D eigenvalue weighted by atomic mass is 10.0. The zero-order chi connectivity index (χ0) is 33.3. The maximum atomic E-state index is 14.4. The van der Waals surface area contributed by atoms with E-state index in [9.17, 15) is 9.59 Å². The number of nitrogens with zero attached hydrogens (tertiary/aromatic N) is 2. The highest BCUT2D eigenvalue weighted by Crippen LogP contribution is 2.36. The number of aromatic nitrogens is 1. The molecule has 1 N–H and O–H groups in total. The van der Waals surface area contributed by atoms with Crippen molar-refractivity contribution in [3.05, 3.63) is 118 Å². The minimum atomic E-state index is -1.10. The smallest absolute Gasteiger partial charge is 0.251 e. The van der Waals surface area contributed by atoms with Crippen molar-refractivity contribution in [1.82, 2.24) is 9.88 Å². The molecule has 5 rings (SSSR count). The first-order valence-electron chi connectivity index (χ1n) is 14.6. The summed E-state index contributed by atoms with van der Waals surface area (Å²) in [5.41, 5.74) is 3.38. The Kier molecular flexibility index (Phi) is 11.0. The summed E-state index contributed by atoms with van der Waals surface area (Å²) < 4.78 is 21.9. The molecule has 0 aliphatic rings. The van der Waals surface area contributed by atoms with Gasteiger partial charge in [0.05, 0.1) is 52.8 Å². The minimum Gasteiger partial charge on any atom is -0.497 e. The maximum Gasteiger partial charge on any atom is 0.251 e. The van der Waals surface area contributed by atoms with Gasteiger partial charge in [-0.25, -0.2) is 4.98 Å². The molecule has 1 atom stereocenters. The molecule has 0 saturated heterocycles. The van der Waals surface area contributed by atoms with Crippen LogP contribution in [-0.2, 0) is 22.6 Å². The third-order valence-corrected chi connectivity index (χ3v) is 8.55. The van der Waals surface area contributed by atoms with Crippen molar-refractivity contribution in [1.29, 1.82) is 0 Å². The molecule has 2 amide bonds. The summed E-state index contributed by atoms with van der Waals surface area (Å²) >= 11 is 7.50. The second-order valence-electron chi connectivity index (χ2n) is 10.4. The second kappa shape index (κ2) is 15.5. The average molecular weight is 672 g/mol. The predicted octanol–water partition coefficient (Wildman–Crippen LogP) is 7.45. The number of methoxy groups -OCH3 is 4. The van der Waals surface area contributed by atoms with Gasteiger partial charge in [-0.2, -0.15) is 0 Å². The van der Waals surface area contributed by atoms with Gasteiger partial charge in [0.25, 0.3) is 5.91 Å². The fraction of sp³-hybridized carbons (Fsp3) is 0.194. The van der Waals surface area contributed by atoms with Gasteiger partial charge in [-0.1, -0.05) is 60.1 Å². The fourth-order valence-electron chi connectivity index (χ4n) is 5.08. The first-order valence-corrected chi connectivity index (χ1v) is 15.9. The Balaban J connectivity index is 1.59. The summed E-state index contributed by atoms with van der Waals surface area (Å²) in [7, 11) is 6.11. The Labute approximate surface area is 282 Å². The molecular weight excluding hydrogens is 638 g/mol. The average Bonchev–Trinajstić information content (AvgIpc) is 3.57. The maximum absolute atomic E-state index is 14.4. The number of ether oxygens (including phenoxy) is 4. The molecule has 0 radical (unpaired) electrons. The van der Waals surface area contributed by atoms with Crippen LogP contribution in [0.3, 0.4) is 0 Å². The van der Waals surface area contributed by atoms with Crippen LogP contribution in [0.1, 0.15) is 22.2 Å². The molecule has 1 heterocycles. The number of halogens is 1. The van der Waals surface area contributed by atoms with Crippen LogP contribution >= 0.6 is 22.9 Å². The largest absolute Gasteiger partial charge is 0.497 e. The highest BCUT2D eigenvalue weighted by molar-refractivity contribution is 7.09. The molecule has 0 spiro atoms. The van der Waals surface area contributed by atoms with Crippen molar-refractivity contribution in [2.24, 2.45) is 0 Å². The van der Waals surface area contributed by atoms with E-state index < -0.39 is 11.9 Å². The number of carbonyl (C=O) groups is 2. The van der Waals surface area contributed by atoms with Gasteiger partial charge in [0, 0.05) is 22.0 Å². The fourth-order valence-corrected chi connectivity index (χ4v) is 6.00. The van der Waals surface area contributed by atoms with E-state index in [1.165, 1.54) is 32.7 Å². The summed E-state index contributed by atoms with van der Waals surface area (Å²) in [5.74, 6) is 1.14. The lowest BCUT2D eigenvalue weighted by molar-refractivity contribution is -0.139. The van der Waals surface area contributed by atoms with Gasteiger partial charge in [-0.15, -0.1) is 11.3 Å². The quantitative estimate of drug-likeness (QED) is 0.139. The molecule has 5 aromatic rings. The number of hydrogen-bond acceptors (Lipinski definition) is 8. The number of nitrogens with one attached hydrogen (secondary N) is 1. The van der Waals surface area contributed by atoms with E-state index >= 15 is 0 Å². The SMILES string of the molecule is COc1ccc(NC(=O)C(c2ccc(OC)c(OC)c2)N(Cc2nc(-c3ccc(Cl)cc3)cs2)C(=O)Cc2ccccc2)c(OC)c1. The molecule has 9 nitrogen and oxygen atoms in total. The van der Waals surface area contributed by atoms with Crippen molar-refractivity contribution < 1.29 is 28.5 Å². The van der Waals surface area contributed by atoms with Gasteiger partial charge < -0.3 is 29.2 Å². The lowest BCUT2D eigenvalue weighted by Gasteiger charge is -2.31. The van der Waals surface area contributed by atoms with Gasteiger partial charge in [0.15, 0.2) is 11.5 Å².